The molecule has 0 N–H and O–H groups in total. The van der Waals surface area contributed by atoms with E-state index in [1.807, 2.05) is 13.2 Å². The highest BCUT2D eigenvalue weighted by Gasteiger charge is 2.04. The van der Waals surface area contributed by atoms with Crippen molar-refractivity contribution in [1.82, 2.24) is 0 Å². The van der Waals surface area contributed by atoms with Crippen molar-refractivity contribution in [2.45, 2.75) is 59.8 Å². The molecule has 0 aromatic rings. The highest BCUT2D eigenvalue weighted by molar-refractivity contribution is 5.54. The smallest absolute Gasteiger partial charge is 0.202 e. The molecule has 0 aliphatic heterocycles. The van der Waals surface area contributed by atoms with Gasteiger partial charge in [-0.25, -0.2) is 0 Å². The lowest BCUT2D eigenvalue weighted by atomic mass is 9.94. The van der Waals surface area contributed by atoms with Gasteiger partial charge in [-0.1, -0.05) is 57.4 Å². The monoisotopic (exact) mass is 235 g/mol. The zero-order valence-corrected chi connectivity index (χ0v) is 11.8. The number of rotatable bonds is 9. The fraction of sp³-hybridized carbons (Fsp3) is 0.688. The molecule has 2 atom stereocenters. The van der Waals surface area contributed by atoms with Gasteiger partial charge < -0.3 is 0 Å². The molecule has 0 saturated heterocycles. The van der Waals surface area contributed by atoms with Crippen molar-refractivity contribution in [2.75, 3.05) is 0 Å². The van der Waals surface area contributed by atoms with Gasteiger partial charge in [0.1, 0.15) is 0 Å². The molecule has 0 aromatic carbocycles. The lowest BCUT2D eigenvalue weighted by Crippen LogP contribution is -1.99. The Hall–Kier alpha value is -0.850. The molecule has 1 radical (unpaired) electrons. The standard InChI is InChI=1S/C16H27O/c1-5-6-7-8-9-14(2)12-16(4)13-15(3)10-11-17/h8-9,13-14,16H,5-7,10,12H2,1-4H3. The number of unbranched alkanes of at least 4 members (excludes halogenated alkanes) is 2. The van der Waals surface area contributed by atoms with Gasteiger partial charge >= 0.3 is 0 Å². The molecule has 0 fully saturated rings. The molecule has 1 nitrogen and oxygen atoms in total. The van der Waals surface area contributed by atoms with Gasteiger partial charge in [0.25, 0.3) is 0 Å². The minimum atomic E-state index is 0.449. The SMILES string of the molecule is CCCCC=CC(C)CC(C)C=C(C)C[C]=O. The van der Waals surface area contributed by atoms with E-state index in [9.17, 15) is 4.79 Å². The number of allylic oxidation sites excluding steroid dienone is 4. The van der Waals surface area contributed by atoms with Gasteiger partial charge in [0.05, 0.1) is 0 Å². The Morgan fingerprint density at radius 3 is 2.59 bits per heavy atom. The molecule has 0 aromatic heterocycles. The quantitative estimate of drug-likeness (QED) is 0.413. The zero-order chi connectivity index (χ0) is 13.1. The van der Waals surface area contributed by atoms with Gasteiger partial charge in [-0.3, -0.25) is 4.79 Å². The fourth-order valence-corrected chi connectivity index (χ4v) is 2.04. The average Bonchev–Trinajstić information content (AvgIpc) is 2.24. The maximum atomic E-state index is 10.2. The maximum absolute atomic E-state index is 10.2. The summed E-state index contributed by atoms with van der Waals surface area (Å²) in [5.74, 6) is 1.15. The summed E-state index contributed by atoms with van der Waals surface area (Å²) in [4.78, 5) is 10.2. The third-order valence-electron chi connectivity index (χ3n) is 2.85. The Morgan fingerprint density at radius 1 is 1.29 bits per heavy atom. The summed E-state index contributed by atoms with van der Waals surface area (Å²) < 4.78 is 0. The van der Waals surface area contributed by atoms with Crippen molar-refractivity contribution in [1.29, 1.82) is 0 Å². The van der Waals surface area contributed by atoms with E-state index >= 15 is 0 Å². The molecule has 0 rings (SSSR count). The molecule has 0 aliphatic rings. The van der Waals surface area contributed by atoms with Crippen molar-refractivity contribution in [3.8, 4) is 0 Å². The minimum Gasteiger partial charge on any atom is -0.291 e. The van der Waals surface area contributed by atoms with Crippen LogP contribution < -0.4 is 0 Å². The Labute approximate surface area is 107 Å². The van der Waals surface area contributed by atoms with Crippen LogP contribution in [0.3, 0.4) is 0 Å². The second-order valence-corrected chi connectivity index (χ2v) is 5.09. The lowest BCUT2D eigenvalue weighted by molar-refractivity contribution is 0.538. The van der Waals surface area contributed by atoms with Crippen molar-refractivity contribution < 1.29 is 4.79 Å². The second kappa shape index (κ2) is 10.3. The Kier molecular flexibility index (Phi) is 9.80. The Balaban J connectivity index is 3.94. The molecule has 17 heavy (non-hydrogen) atoms. The summed E-state index contributed by atoms with van der Waals surface area (Å²) in [6.07, 6.45) is 14.1. The molecule has 0 bridgehead atoms. The van der Waals surface area contributed by atoms with E-state index in [1.165, 1.54) is 19.3 Å². The van der Waals surface area contributed by atoms with Crippen LogP contribution in [0.2, 0.25) is 0 Å². The molecule has 0 saturated carbocycles. The molecule has 0 amide bonds. The van der Waals surface area contributed by atoms with E-state index in [1.54, 1.807) is 0 Å². The highest BCUT2D eigenvalue weighted by atomic mass is 16.1. The largest absolute Gasteiger partial charge is 0.291 e. The van der Waals surface area contributed by atoms with E-state index in [4.69, 9.17) is 0 Å². The molecule has 2 unspecified atom stereocenters. The molecule has 1 heteroatoms. The van der Waals surface area contributed by atoms with Gasteiger partial charge in [0.15, 0.2) is 0 Å². The molecule has 97 valence electrons. The van der Waals surface area contributed by atoms with Crippen LogP contribution in [0.5, 0.6) is 0 Å². The second-order valence-electron chi connectivity index (χ2n) is 5.09. The molecular weight excluding hydrogens is 208 g/mol. The third kappa shape index (κ3) is 10.0. The summed E-state index contributed by atoms with van der Waals surface area (Å²) >= 11 is 0. The Morgan fingerprint density at radius 2 is 2.00 bits per heavy atom. The molecular formula is C16H27O. The lowest BCUT2D eigenvalue weighted by Gasteiger charge is -2.11. The molecule has 0 heterocycles. The first kappa shape index (κ1) is 16.1. The average molecular weight is 235 g/mol. The minimum absolute atomic E-state index is 0.449. The zero-order valence-electron chi connectivity index (χ0n) is 11.8. The van der Waals surface area contributed by atoms with E-state index in [0.717, 1.165) is 12.0 Å². The van der Waals surface area contributed by atoms with E-state index in [-0.39, 0.29) is 0 Å². The molecule has 0 spiro atoms. The van der Waals surface area contributed by atoms with Crippen molar-refractivity contribution in [3.63, 3.8) is 0 Å². The number of hydrogen-bond acceptors (Lipinski definition) is 1. The van der Waals surface area contributed by atoms with Crippen LogP contribution in [0.4, 0.5) is 0 Å². The first-order valence-electron chi connectivity index (χ1n) is 6.79. The predicted molar refractivity (Wildman–Crippen MR) is 75.7 cm³/mol. The van der Waals surface area contributed by atoms with Crippen molar-refractivity contribution in [2.24, 2.45) is 11.8 Å². The van der Waals surface area contributed by atoms with Crippen LogP contribution in [0.25, 0.3) is 0 Å². The number of carbonyl (C=O) groups excluding carboxylic acids is 1. The first-order chi connectivity index (χ1) is 8.10. The van der Waals surface area contributed by atoms with E-state index in [0.29, 0.717) is 18.3 Å². The van der Waals surface area contributed by atoms with Crippen LogP contribution in [0, 0.1) is 11.8 Å². The van der Waals surface area contributed by atoms with Gasteiger partial charge in [0.2, 0.25) is 6.29 Å². The summed E-state index contributed by atoms with van der Waals surface area (Å²) in [5.41, 5.74) is 1.13. The fourth-order valence-electron chi connectivity index (χ4n) is 2.04. The van der Waals surface area contributed by atoms with Gasteiger partial charge in [-0.05, 0) is 31.6 Å². The van der Waals surface area contributed by atoms with Crippen LogP contribution in [0.1, 0.15) is 59.8 Å². The van der Waals surface area contributed by atoms with Gasteiger partial charge in [-0.15, -0.1) is 0 Å². The van der Waals surface area contributed by atoms with Crippen LogP contribution in [-0.4, -0.2) is 6.29 Å². The van der Waals surface area contributed by atoms with Crippen molar-refractivity contribution >= 4 is 6.29 Å². The van der Waals surface area contributed by atoms with Gasteiger partial charge in [0, 0.05) is 6.42 Å². The third-order valence-corrected chi connectivity index (χ3v) is 2.85. The van der Waals surface area contributed by atoms with Crippen LogP contribution in [-0.2, 0) is 4.79 Å². The van der Waals surface area contributed by atoms with Gasteiger partial charge in [-0.2, -0.15) is 0 Å². The maximum Gasteiger partial charge on any atom is 0.202 e. The van der Waals surface area contributed by atoms with Crippen molar-refractivity contribution in [3.05, 3.63) is 23.8 Å². The summed E-state index contributed by atoms with van der Waals surface area (Å²) in [6.45, 7) is 8.69. The first-order valence-corrected chi connectivity index (χ1v) is 6.79. The summed E-state index contributed by atoms with van der Waals surface area (Å²) in [6, 6.07) is 0. The Bertz CT molecular complexity index is 250. The van der Waals surface area contributed by atoms with Crippen LogP contribution in [0.15, 0.2) is 23.8 Å². The summed E-state index contributed by atoms with van der Waals surface area (Å²) in [7, 11) is 0. The molecule has 0 aliphatic carbocycles. The number of hydrogen-bond donors (Lipinski definition) is 0. The summed E-state index contributed by atoms with van der Waals surface area (Å²) in [5, 5.41) is 0. The van der Waals surface area contributed by atoms with E-state index < -0.39 is 0 Å². The van der Waals surface area contributed by atoms with Crippen LogP contribution >= 0.6 is 0 Å². The normalized spacial score (nSPS) is 16.1. The highest BCUT2D eigenvalue weighted by Crippen LogP contribution is 2.17. The topological polar surface area (TPSA) is 17.1 Å². The van der Waals surface area contributed by atoms with E-state index in [2.05, 4.69) is 39.0 Å². The predicted octanol–water partition coefficient (Wildman–Crippen LogP) is 4.84.